The van der Waals surface area contributed by atoms with Crippen molar-refractivity contribution >= 4 is 64.6 Å². The highest BCUT2D eigenvalue weighted by atomic mass is 14.2. The van der Waals surface area contributed by atoms with E-state index >= 15 is 0 Å². The first-order valence-corrected chi connectivity index (χ1v) is 12.7. The third-order valence-electron chi connectivity index (χ3n) is 7.67. The van der Waals surface area contributed by atoms with Gasteiger partial charge in [-0.3, -0.25) is 0 Å². The summed E-state index contributed by atoms with van der Waals surface area (Å²) in [5, 5.41) is 3.56. The third kappa shape index (κ3) is 2.96. The van der Waals surface area contributed by atoms with Crippen LogP contribution in [0.2, 0.25) is 0 Å². The van der Waals surface area contributed by atoms with Crippen molar-refractivity contribution in [1.82, 2.24) is 0 Å². The van der Waals surface area contributed by atoms with Crippen LogP contribution in [0.4, 0.5) is 0 Å². The van der Waals surface area contributed by atoms with Gasteiger partial charge in [0.15, 0.2) is 0 Å². The Morgan fingerprint density at radius 2 is 0.925 bits per heavy atom. The molecule has 0 bridgehead atoms. The van der Waals surface area contributed by atoms with Crippen LogP contribution in [0.25, 0.3) is 86.9 Å². The molecule has 0 aliphatic rings. The van der Waals surface area contributed by atoms with Gasteiger partial charge in [-0.1, -0.05) is 139 Å². The molecule has 0 fully saturated rings. The fraction of sp³-hybridized carbons (Fsp3) is 0. The molecular formula is C40H24. The van der Waals surface area contributed by atoms with Gasteiger partial charge in [0.25, 0.3) is 0 Å². The molecule has 0 aliphatic carbocycles. The lowest BCUT2D eigenvalue weighted by molar-refractivity contribution is 1.69. The summed E-state index contributed by atoms with van der Waals surface area (Å²) in [7, 11) is 0. The van der Waals surface area contributed by atoms with Crippen LogP contribution in [-0.2, 0) is 0 Å². The van der Waals surface area contributed by atoms with Crippen molar-refractivity contribution in [1.29, 1.82) is 0 Å². The Kier molecular flexibility index (Phi) is 2.42. The second-order valence-electron chi connectivity index (χ2n) is 9.72. The third-order valence-corrected chi connectivity index (χ3v) is 7.67. The molecule has 0 N–H and O–H groups in total. The summed E-state index contributed by atoms with van der Waals surface area (Å²) in [4.78, 5) is 0. The van der Waals surface area contributed by atoms with Gasteiger partial charge < -0.3 is 0 Å². The average Bonchev–Trinajstić information content (AvgIpc) is 3.18. The Morgan fingerprint density at radius 1 is 0.375 bits per heavy atom. The number of hydrogen-bond donors (Lipinski definition) is 0. The van der Waals surface area contributed by atoms with E-state index < -0.39 is 107 Å². The second kappa shape index (κ2) is 8.15. The van der Waals surface area contributed by atoms with E-state index in [1.807, 2.05) is 48.5 Å². The molecule has 0 atom stereocenters. The Bertz CT molecular complexity index is 3160. The maximum Gasteiger partial charge on any atom is 0.0636 e. The lowest BCUT2D eigenvalue weighted by Crippen LogP contribution is -1.92. The summed E-state index contributed by atoms with van der Waals surface area (Å²) in [6, 6.07) is 7.51. The van der Waals surface area contributed by atoms with Crippen molar-refractivity contribution in [3.05, 3.63) is 145 Å². The molecule has 0 saturated heterocycles. The molecule has 9 aromatic rings. The van der Waals surface area contributed by atoms with Crippen molar-refractivity contribution in [3.8, 4) is 22.3 Å². The molecule has 0 saturated carbocycles. The summed E-state index contributed by atoms with van der Waals surface area (Å²) < 4.78 is 134. The molecule has 0 unspecified atom stereocenters. The monoisotopic (exact) mass is 519 g/mol. The maximum atomic E-state index is 9.42. The fourth-order valence-corrected chi connectivity index (χ4v) is 6.00. The number of benzene rings is 9. The normalized spacial score (nSPS) is 17.2. The van der Waals surface area contributed by atoms with E-state index in [9.17, 15) is 8.22 Å². The fourth-order valence-electron chi connectivity index (χ4n) is 6.00. The van der Waals surface area contributed by atoms with Gasteiger partial charge in [0.2, 0.25) is 0 Å². The first kappa shape index (κ1) is 11.9. The molecule has 9 rings (SSSR count). The van der Waals surface area contributed by atoms with E-state index in [-0.39, 0.29) is 32.7 Å². The van der Waals surface area contributed by atoms with Crippen LogP contribution < -0.4 is 0 Å². The predicted octanol–water partition coefficient (Wildman–Crippen LogP) is 11.4. The molecule has 0 radical (unpaired) electrons. The SMILES string of the molecule is [2H]c1c([2H])c([2H])c2c([2H])c(-c3c4c([2H])c([2H])c([2H])c([2H])c4c(-c4ccc5ccc6cccc7ccc4c5c67)c4c([2H])c([2H])c([2H])c([2H])c34)c([2H])c([2H])c2c1[2H]. The van der Waals surface area contributed by atoms with E-state index in [2.05, 4.69) is 0 Å². The standard InChI is InChI=1S/C40H24/c1-2-9-29-24-30(19-16-25(29)8-1)38-31-12-3-5-14-33(31)40(34-15-6-4-13-32(34)38)36-23-21-28-18-17-26-10-7-11-27-20-22-35(36)39(28)37(26)27/h1-24H/i1D,2D,3D,4D,5D,6D,8D,9D,12D,13D,14D,15D,16D,19D,24D. The molecule has 0 spiro atoms. The Morgan fingerprint density at radius 3 is 1.62 bits per heavy atom. The smallest absolute Gasteiger partial charge is 0.0616 e. The number of hydrogen-bond acceptors (Lipinski definition) is 0. The number of rotatable bonds is 2. The van der Waals surface area contributed by atoms with Crippen LogP contribution in [-0.4, -0.2) is 0 Å². The Labute approximate surface area is 253 Å². The van der Waals surface area contributed by atoms with Crippen molar-refractivity contribution in [2.75, 3.05) is 0 Å². The van der Waals surface area contributed by atoms with Gasteiger partial charge in [0.1, 0.15) is 0 Å². The van der Waals surface area contributed by atoms with Crippen molar-refractivity contribution in [2.45, 2.75) is 0 Å². The second-order valence-corrected chi connectivity index (χ2v) is 9.72. The summed E-state index contributed by atoms with van der Waals surface area (Å²) >= 11 is 0. The lowest BCUT2D eigenvalue weighted by atomic mass is 9.83. The molecule has 0 aromatic heterocycles. The van der Waals surface area contributed by atoms with Crippen molar-refractivity contribution in [2.24, 2.45) is 0 Å². The largest absolute Gasteiger partial charge is 0.0636 e. The molecule has 9 aromatic carbocycles. The van der Waals surface area contributed by atoms with E-state index in [0.717, 1.165) is 26.9 Å². The lowest BCUT2D eigenvalue weighted by Gasteiger charge is -2.20. The summed E-state index contributed by atoms with van der Waals surface area (Å²) in [5.41, 5.74) is -0.330. The van der Waals surface area contributed by atoms with Crippen LogP contribution in [0, 0.1) is 0 Å². The highest BCUT2D eigenvalue weighted by Gasteiger charge is 2.19. The molecule has 0 heteroatoms. The van der Waals surface area contributed by atoms with Gasteiger partial charge in [-0.15, -0.1) is 0 Å². The van der Waals surface area contributed by atoms with Crippen LogP contribution >= 0.6 is 0 Å². The highest BCUT2D eigenvalue weighted by molar-refractivity contribution is 6.29. The molecular weight excluding hydrogens is 480 g/mol. The van der Waals surface area contributed by atoms with Gasteiger partial charge in [-0.2, -0.15) is 0 Å². The summed E-state index contributed by atoms with van der Waals surface area (Å²) in [6.07, 6.45) is 0. The predicted molar refractivity (Wildman–Crippen MR) is 174 cm³/mol. The zero-order chi connectivity index (χ0) is 39.3. The minimum atomic E-state index is -0.722. The zero-order valence-electron chi connectivity index (χ0n) is 35.7. The Balaban J connectivity index is 1.62. The molecule has 0 amide bonds. The van der Waals surface area contributed by atoms with Crippen LogP contribution in [0.3, 0.4) is 0 Å². The van der Waals surface area contributed by atoms with E-state index in [0.29, 0.717) is 10.9 Å². The molecule has 0 heterocycles. The van der Waals surface area contributed by atoms with E-state index in [4.69, 9.17) is 12.3 Å². The minimum absolute atomic E-state index is 0.0811. The van der Waals surface area contributed by atoms with Gasteiger partial charge >= 0.3 is 0 Å². The Hall–Kier alpha value is -5.20. The zero-order valence-corrected chi connectivity index (χ0v) is 20.7. The molecule has 0 aliphatic heterocycles. The first-order valence-electron chi connectivity index (χ1n) is 20.2. The maximum absolute atomic E-state index is 9.42. The van der Waals surface area contributed by atoms with Gasteiger partial charge in [-0.25, -0.2) is 0 Å². The van der Waals surface area contributed by atoms with Crippen LogP contribution in [0.15, 0.2) is 145 Å². The van der Waals surface area contributed by atoms with Crippen molar-refractivity contribution < 1.29 is 20.6 Å². The molecule has 0 nitrogen and oxygen atoms in total. The van der Waals surface area contributed by atoms with Gasteiger partial charge in [0.05, 0.1) is 20.6 Å². The molecule has 40 heavy (non-hydrogen) atoms. The quantitative estimate of drug-likeness (QED) is 0.157. The van der Waals surface area contributed by atoms with E-state index in [1.54, 1.807) is 6.07 Å². The van der Waals surface area contributed by atoms with E-state index in [1.165, 1.54) is 0 Å². The van der Waals surface area contributed by atoms with Crippen LogP contribution in [0.5, 0.6) is 0 Å². The van der Waals surface area contributed by atoms with Gasteiger partial charge in [0, 0.05) is 0 Å². The average molecular weight is 520 g/mol. The highest BCUT2D eigenvalue weighted by Crippen LogP contribution is 2.47. The van der Waals surface area contributed by atoms with Crippen molar-refractivity contribution in [3.63, 3.8) is 0 Å². The van der Waals surface area contributed by atoms with Gasteiger partial charge in [-0.05, 0) is 92.9 Å². The van der Waals surface area contributed by atoms with Crippen LogP contribution in [0.1, 0.15) is 20.6 Å². The number of fused-ring (bicyclic) bond motifs is 3. The summed E-state index contributed by atoms with van der Waals surface area (Å²) in [6.45, 7) is 0. The summed E-state index contributed by atoms with van der Waals surface area (Å²) in [5.74, 6) is 0. The topological polar surface area (TPSA) is 0 Å². The minimum Gasteiger partial charge on any atom is -0.0616 e. The first-order chi connectivity index (χ1) is 26.1. The molecule has 184 valence electrons.